The molecule has 2 atom stereocenters. The van der Waals surface area contributed by atoms with Gasteiger partial charge in [0, 0.05) is 12.1 Å². The first-order valence-corrected chi connectivity index (χ1v) is 9.35. The Hall–Kier alpha value is -1.60. The highest BCUT2D eigenvalue weighted by Gasteiger charge is 2.23. The molecule has 0 aromatic heterocycles. The monoisotopic (exact) mass is 342 g/mol. The predicted molar refractivity (Wildman–Crippen MR) is 91.5 cm³/mol. The highest BCUT2D eigenvalue weighted by atomic mass is 32.2. The van der Waals surface area contributed by atoms with E-state index in [9.17, 15) is 13.2 Å². The third-order valence-corrected chi connectivity index (χ3v) is 5.24. The average molecular weight is 342 g/mol. The number of nitrogens with one attached hydrogen (secondary N) is 2. The Morgan fingerprint density at radius 1 is 1.22 bits per heavy atom. The molecular weight excluding hydrogens is 316 g/mol. The summed E-state index contributed by atoms with van der Waals surface area (Å²) in [5.74, 6) is -1.15. The molecule has 0 spiro atoms. The lowest BCUT2D eigenvalue weighted by Gasteiger charge is -2.19. The molecule has 0 amide bonds. The molecule has 1 aromatic rings. The summed E-state index contributed by atoms with van der Waals surface area (Å²) < 4.78 is 27.9. The first-order chi connectivity index (χ1) is 10.7. The van der Waals surface area contributed by atoms with Gasteiger partial charge in [-0.1, -0.05) is 20.3 Å². The first kappa shape index (κ1) is 19.4. The van der Waals surface area contributed by atoms with Gasteiger partial charge in [-0.3, -0.25) is 0 Å². The zero-order valence-corrected chi connectivity index (χ0v) is 14.9. The minimum atomic E-state index is -3.80. The van der Waals surface area contributed by atoms with Crippen molar-refractivity contribution in [2.75, 3.05) is 5.32 Å². The molecule has 1 rings (SSSR count). The fourth-order valence-electron chi connectivity index (χ4n) is 2.18. The van der Waals surface area contributed by atoms with Gasteiger partial charge in [-0.25, -0.2) is 17.9 Å². The zero-order chi connectivity index (χ0) is 17.6. The second-order valence-corrected chi connectivity index (χ2v) is 7.46. The van der Waals surface area contributed by atoms with Crippen LogP contribution in [0.4, 0.5) is 5.69 Å². The van der Waals surface area contributed by atoms with Crippen LogP contribution < -0.4 is 10.0 Å². The maximum Gasteiger partial charge on any atom is 0.335 e. The van der Waals surface area contributed by atoms with E-state index >= 15 is 0 Å². The van der Waals surface area contributed by atoms with Gasteiger partial charge in [0.05, 0.1) is 11.3 Å². The van der Waals surface area contributed by atoms with Gasteiger partial charge in [0.15, 0.2) is 0 Å². The Labute approximate surface area is 138 Å². The Morgan fingerprint density at radius 2 is 1.87 bits per heavy atom. The fraction of sp³-hybridized carbons (Fsp3) is 0.562. The van der Waals surface area contributed by atoms with Gasteiger partial charge < -0.3 is 10.4 Å². The van der Waals surface area contributed by atoms with Crippen LogP contribution in [0.2, 0.25) is 0 Å². The van der Waals surface area contributed by atoms with Crippen molar-refractivity contribution >= 4 is 21.7 Å². The molecule has 0 aliphatic heterocycles. The molecule has 0 aliphatic carbocycles. The lowest BCUT2D eigenvalue weighted by molar-refractivity contribution is 0.0696. The number of carbonyl (C=O) groups is 1. The van der Waals surface area contributed by atoms with Crippen LogP contribution in [0, 0.1) is 0 Å². The molecule has 0 radical (unpaired) electrons. The lowest BCUT2D eigenvalue weighted by atomic mass is 10.2. The Bertz CT molecular complexity index is 643. The summed E-state index contributed by atoms with van der Waals surface area (Å²) in [6, 6.07) is 3.98. The standard InChI is InChI=1S/C16H26N2O4S/c1-5-7-12(4)18-23(21,22)15-10-13(16(19)20)8-9-14(15)17-11(3)6-2/h8-12,17-18H,5-7H2,1-4H3,(H,19,20). The van der Waals surface area contributed by atoms with Crippen LogP contribution >= 0.6 is 0 Å². The van der Waals surface area contributed by atoms with E-state index in [1.807, 2.05) is 20.8 Å². The summed E-state index contributed by atoms with van der Waals surface area (Å²) in [7, 11) is -3.80. The van der Waals surface area contributed by atoms with E-state index in [1.165, 1.54) is 18.2 Å². The fourth-order valence-corrected chi connectivity index (χ4v) is 3.66. The molecule has 0 fully saturated rings. The van der Waals surface area contributed by atoms with Crippen LogP contribution in [0.3, 0.4) is 0 Å². The topological polar surface area (TPSA) is 95.5 Å². The average Bonchev–Trinajstić information content (AvgIpc) is 2.46. The van der Waals surface area contributed by atoms with Gasteiger partial charge in [-0.15, -0.1) is 0 Å². The summed E-state index contributed by atoms with van der Waals surface area (Å²) in [4.78, 5) is 11.1. The van der Waals surface area contributed by atoms with Crippen LogP contribution in [-0.4, -0.2) is 31.6 Å². The van der Waals surface area contributed by atoms with Gasteiger partial charge >= 0.3 is 5.97 Å². The Morgan fingerprint density at radius 3 is 2.39 bits per heavy atom. The Balaban J connectivity index is 3.27. The highest BCUT2D eigenvalue weighted by molar-refractivity contribution is 7.89. The first-order valence-electron chi connectivity index (χ1n) is 7.87. The summed E-state index contributed by atoms with van der Waals surface area (Å²) in [5, 5.41) is 12.2. The van der Waals surface area contributed by atoms with Gasteiger partial charge in [-0.05, 0) is 44.9 Å². The van der Waals surface area contributed by atoms with E-state index in [2.05, 4.69) is 10.0 Å². The molecular formula is C16H26N2O4S. The number of hydrogen-bond acceptors (Lipinski definition) is 4. The maximum absolute atomic E-state index is 12.6. The minimum Gasteiger partial charge on any atom is -0.478 e. The molecule has 130 valence electrons. The summed E-state index contributed by atoms with van der Waals surface area (Å²) in [6.07, 6.45) is 2.39. The second-order valence-electron chi connectivity index (χ2n) is 5.78. The number of aromatic carboxylic acids is 1. The third-order valence-electron chi connectivity index (χ3n) is 3.61. The number of anilines is 1. The highest BCUT2D eigenvalue weighted by Crippen LogP contribution is 2.24. The number of hydrogen-bond donors (Lipinski definition) is 3. The number of rotatable bonds is 9. The number of sulfonamides is 1. The lowest BCUT2D eigenvalue weighted by Crippen LogP contribution is -2.33. The number of carboxylic acid groups (broad SMARTS) is 1. The molecule has 2 unspecified atom stereocenters. The van der Waals surface area contributed by atoms with E-state index < -0.39 is 16.0 Å². The molecule has 0 saturated heterocycles. The molecule has 7 heteroatoms. The van der Waals surface area contributed by atoms with Crippen molar-refractivity contribution in [2.24, 2.45) is 0 Å². The maximum atomic E-state index is 12.6. The van der Waals surface area contributed by atoms with E-state index in [0.29, 0.717) is 12.1 Å². The van der Waals surface area contributed by atoms with E-state index in [0.717, 1.165) is 12.8 Å². The van der Waals surface area contributed by atoms with Crippen LogP contribution in [0.1, 0.15) is 57.3 Å². The van der Waals surface area contributed by atoms with Crippen molar-refractivity contribution in [2.45, 2.75) is 63.9 Å². The minimum absolute atomic E-state index is 0.0272. The molecule has 0 heterocycles. The normalized spacial score (nSPS) is 14.3. The van der Waals surface area contributed by atoms with E-state index in [-0.39, 0.29) is 22.5 Å². The molecule has 0 saturated carbocycles. The number of benzene rings is 1. The summed E-state index contributed by atoms with van der Waals surface area (Å²) >= 11 is 0. The SMILES string of the molecule is CCCC(C)NS(=O)(=O)c1cc(C(=O)O)ccc1NC(C)CC. The van der Waals surface area contributed by atoms with Crippen LogP contribution in [0.15, 0.2) is 23.1 Å². The van der Waals surface area contributed by atoms with Crippen molar-refractivity contribution in [1.82, 2.24) is 4.72 Å². The quantitative estimate of drug-likeness (QED) is 0.641. The van der Waals surface area contributed by atoms with Crippen LogP contribution in [0.5, 0.6) is 0 Å². The van der Waals surface area contributed by atoms with Crippen LogP contribution in [0.25, 0.3) is 0 Å². The molecule has 23 heavy (non-hydrogen) atoms. The molecule has 3 N–H and O–H groups in total. The smallest absolute Gasteiger partial charge is 0.335 e. The predicted octanol–water partition coefficient (Wildman–Crippen LogP) is 3.06. The summed E-state index contributed by atoms with van der Waals surface area (Å²) in [6.45, 7) is 7.70. The third kappa shape index (κ3) is 5.51. The van der Waals surface area contributed by atoms with Crippen molar-refractivity contribution in [1.29, 1.82) is 0 Å². The molecule has 0 bridgehead atoms. The van der Waals surface area contributed by atoms with Crippen molar-refractivity contribution in [3.8, 4) is 0 Å². The van der Waals surface area contributed by atoms with Crippen molar-refractivity contribution in [3.63, 3.8) is 0 Å². The Kier molecular flexibility index (Phi) is 7.02. The molecule has 1 aromatic carbocycles. The van der Waals surface area contributed by atoms with E-state index in [4.69, 9.17) is 5.11 Å². The molecule has 6 nitrogen and oxygen atoms in total. The zero-order valence-electron chi connectivity index (χ0n) is 14.1. The van der Waals surface area contributed by atoms with Crippen molar-refractivity contribution in [3.05, 3.63) is 23.8 Å². The number of carboxylic acids is 1. The second kappa shape index (κ2) is 8.31. The largest absolute Gasteiger partial charge is 0.478 e. The van der Waals surface area contributed by atoms with Gasteiger partial charge in [-0.2, -0.15) is 0 Å². The van der Waals surface area contributed by atoms with Crippen LogP contribution in [-0.2, 0) is 10.0 Å². The van der Waals surface area contributed by atoms with Crippen molar-refractivity contribution < 1.29 is 18.3 Å². The van der Waals surface area contributed by atoms with Gasteiger partial charge in [0.1, 0.15) is 4.90 Å². The summed E-state index contributed by atoms with van der Waals surface area (Å²) in [5.41, 5.74) is 0.365. The molecule has 0 aliphatic rings. The van der Waals surface area contributed by atoms with Gasteiger partial charge in [0.2, 0.25) is 10.0 Å². The van der Waals surface area contributed by atoms with Gasteiger partial charge in [0.25, 0.3) is 0 Å². The van der Waals surface area contributed by atoms with E-state index in [1.54, 1.807) is 6.92 Å².